The molecular weight excluding hydrogens is 284 g/mol. The van der Waals surface area contributed by atoms with Gasteiger partial charge in [0, 0.05) is 0 Å². The van der Waals surface area contributed by atoms with Crippen molar-refractivity contribution in [1.82, 2.24) is 0 Å². The molecule has 0 fully saturated rings. The van der Waals surface area contributed by atoms with Gasteiger partial charge in [0.05, 0.1) is 12.7 Å². The molecule has 0 bridgehead atoms. The largest absolute Gasteiger partial charge is 0.544 e. The molecule has 0 aliphatic heterocycles. The highest BCUT2D eigenvalue weighted by molar-refractivity contribution is 6.70. The molecule has 0 N–H and O–H groups in total. The van der Waals surface area contributed by atoms with Crippen LogP contribution in [-0.4, -0.2) is 23.7 Å². The molecule has 1 unspecified atom stereocenters. The van der Waals surface area contributed by atoms with Gasteiger partial charge in [-0.05, 0) is 64.1 Å². The van der Waals surface area contributed by atoms with E-state index in [2.05, 4.69) is 52.3 Å². The number of rotatable bonds is 5. The Bertz CT molecular complexity index is 400. The van der Waals surface area contributed by atoms with Crippen LogP contribution in [0.5, 0.6) is 0 Å². The van der Waals surface area contributed by atoms with E-state index in [1.807, 2.05) is 0 Å². The second-order valence-corrected chi connectivity index (χ2v) is 16.4. The van der Waals surface area contributed by atoms with E-state index in [0.29, 0.717) is 11.9 Å². The zero-order chi connectivity index (χ0) is 15.6. The van der Waals surface area contributed by atoms with Gasteiger partial charge >= 0.3 is 0 Å². The van der Waals surface area contributed by atoms with Crippen LogP contribution in [0.1, 0.15) is 19.8 Å². The van der Waals surface area contributed by atoms with Crippen LogP contribution in [0.25, 0.3) is 0 Å². The molecule has 1 aliphatic rings. The third kappa shape index (κ3) is 5.75. The predicted octanol–water partition coefficient (Wildman–Crippen LogP) is 4.86. The molecule has 0 spiro atoms. The molecule has 0 heterocycles. The Kier molecular flexibility index (Phi) is 5.55. The van der Waals surface area contributed by atoms with Crippen LogP contribution in [0.3, 0.4) is 0 Å². The fraction of sp³-hybridized carbons (Fsp3) is 0.733. The average molecular weight is 315 g/mol. The second kappa shape index (κ2) is 6.39. The zero-order valence-corrected chi connectivity index (χ0v) is 16.3. The lowest BCUT2D eigenvalue weighted by Crippen LogP contribution is -2.29. The Morgan fingerprint density at radius 2 is 1.70 bits per heavy atom. The maximum absolute atomic E-state index is 6.23. The molecular formula is C15H30O3Si2. The second-order valence-electron chi connectivity index (χ2n) is 7.51. The number of hydrogen-bond donors (Lipinski definition) is 0. The highest BCUT2D eigenvalue weighted by atomic mass is 28.4. The van der Waals surface area contributed by atoms with Crippen LogP contribution in [0.4, 0.5) is 0 Å². The molecule has 0 saturated carbocycles. The number of allylic oxidation sites excluding steroid dienone is 2. The maximum Gasteiger partial charge on any atom is 0.272 e. The average Bonchev–Trinajstić information content (AvgIpc) is 2.25. The van der Waals surface area contributed by atoms with Crippen LogP contribution in [0.15, 0.2) is 23.4 Å². The fourth-order valence-electron chi connectivity index (χ4n) is 2.09. The van der Waals surface area contributed by atoms with Crippen molar-refractivity contribution in [2.75, 3.05) is 7.11 Å². The minimum Gasteiger partial charge on any atom is -0.544 e. The molecule has 0 saturated heterocycles. The first-order chi connectivity index (χ1) is 9.02. The van der Waals surface area contributed by atoms with Gasteiger partial charge in [-0.15, -0.1) is 0 Å². The first kappa shape index (κ1) is 17.4. The summed E-state index contributed by atoms with van der Waals surface area (Å²) in [6.07, 6.45) is 4.23. The summed E-state index contributed by atoms with van der Waals surface area (Å²) in [6, 6.07) is 0. The van der Waals surface area contributed by atoms with Crippen LogP contribution in [0.2, 0.25) is 39.3 Å². The van der Waals surface area contributed by atoms with Crippen molar-refractivity contribution in [3.63, 3.8) is 0 Å². The summed E-state index contributed by atoms with van der Waals surface area (Å²) in [5.74, 6) is 2.26. The van der Waals surface area contributed by atoms with E-state index < -0.39 is 16.6 Å². The number of ether oxygens (including phenoxy) is 1. The van der Waals surface area contributed by atoms with Crippen molar-refractivity contribution < 1.29 is 13.6 Å². The molecule has 20 heavy (non-hydrogen) atoms. The van der Waals surface area contributed by atoms with Crippen LogP contribution >= 0.6 is 0 Å². The van der Waals surface area contributed by atoms with Crippen molar-refractivity contribution in [1.29, 1.82) is 0 Å². The van der Waals surface area contributed by atoms with E-state index in [1.165, 1.54) is 0 Å². The lowest BCUT2D eigenvalue weighted by Gasteiger charge is -2.30. The monoisotopic (exact) mass is 314 g/mol. The summed E-state index contributed by atoms with van der Waals surface area (Å²) >= 11 is 0. The van der Waals surface area contributed by atoms with Crippen molar-refractivity contribution in [2.45, 2.75) is 59.0 Å². The van der Waals surface area contributed by atoms with Gasteiger partial charge in [0.25, 0.3) is 5.95 Å². The van der Waals surface area contributed by atoms with Gasteiger partial charge in [-0.1, -0.05) is 6.92 Å². The van der Waals surface area contributed by atoms with Crippen molar-refractivity contribution in [3.8, 4) is 0 Å². The summed E-state index contributed by atoms with van der Waals surface area (Å²) in [5, 5.41) is 0. The molecule has 0 radical (unpaired) electrons. The van der Waals surface area contributed by atoms with Crippen molar-refractivity contribution >= 4 is 16.6 Å². The topological polar surface area (TPSA) is 27.7 Å². The standard InChI is InChI=1S/C15H30O3Si2/c1-12-9-10-14(17-19(3,4)5)13(11-12)15(16-2)18-20(6,7)8/h10,12H,9,11H2,1-8H3/b15-13-. The molecule has 116 valence electrons. The van der Waals surface area contributed by atoms with Crippen LogP contribution in [0, 0.1) is 5.92 Å². The molecule has 1 rings (SSSR count). The van der Waals surface area contributed by atoms with E-state index in [0.717, 1.165) is 24.2 Å². The quantitative estimate of drug-likeness (QED) is 0.535. The fourth-order valence-corrected chi connectivity index (χ4v) is 3.71. The molecule has 0 aromatic rings. The summed E-state index contributed by atoms with van der Waals surface area (Å²) in [7, 11) is -1.63. The van der Waals surface area contributed by atoms with E-state index in [1.54, 1.807) is 7.11 Å². The van der Waals surface area contributed by atoms with Gasteiger partial charge in [-0.3, -0.25) is 0 Å². The zero-order valence-electron chi connectivity index (χ0n) is 14.3. The first-order valence-electron chi connectivity index (χ1n) is 7.37. The Morgan fingerprint density at radius 1 is 1.10 bits per heavy atom. The summed E-state index contributed by atoms with van der Waals surface area (Å²) in [5.41, 5.74) is 1.11. The van der Waals surface area contributed by atoms with Crippen LogP contribution in [-0.2, 0) is 13.6 Å². The lowest BCUT2D eigenvalue weighted by atomic mass is 9.91. The van der Waals surface area contributed by atoms with E-state index >= 15 is 0 Å². The Hall–Kier alpha value is -0.686. The Morgan fingerprint density at radius 3 is 2.15 bits per heavy atom. The number of hydrogen-bond acceptors (Lipinski definition) is 3. The first-order valence-corrected chi connectivity index (χ1v) is 14.2. The Labute approximate surface area is 126 Å². The molecule has 5 heteroatoms. The minimum atomic E-state index is -1.69. The van der Waals surface area contributed by atoms with Gasteiger partial charge in [-0.25, -0.2) is 0 Å². The third-order valence-corrected chi connectivity index (χ3v) is 4.43. The highest BCUT2D eigenvalue weighted by Crippen LogP contribution is 2.34. The molecule has 0 aromatic heterocycles. The Balaban J connectivity index is 3.12. The van der Waals surface area contributed by atoms with Crippen molar-refractivity contribution in [3.05, 3.63) is 23.4 Å². The smallest absolute Gasteiger partial charge is 0.272 e. The molecule has 3 nitrogen and oxygen atoms in total. The van der Waals surface area contributed by atoms with E-state index in [4.69, 9.17) is 13.6 Å². The summed E-state index contributed by atoms with van der Waals surface area (Å²) in [4.78, 5) is 0. The predicted molar refractivity (Wildman–Crippen MR) is 89.4 cm³/mol. The number of methoxy groups -OCH3 is 1. The normalized spacial score (nSPS) is 23.0. The SMILES string of the molecule is CO/C(O[Si](C)(C)C)=C1\CC(C)CC=C1O[Si](C)(C)C. The molecule has 1 atom stereocenters. The maximum atomic E-state index is 6.23. The lowest BCUT2D eigenvalue weighted by molar-refractivity contribution is 0.137. The van der Waals surface area contributed by atoms with Crippen molar-refractivity contribution in [2.24, 2.45) is 5.92 Å². The summed E-state index contributed by atoms with van der Waals surface area (Å²) < 4.78 is 17.9. The molecule has 0 aromatic carbocycles. The summed E-state index contributed by atoms with van der Waals surface area (Å²) in [6.45, 7) is 15.4. The van der Waals surface area contributed by atoms with E-state index in [-0.39, 0.29) is 0 Å². The third-order valence-electron chi connectivity index (χ3n) is 2.80. The van der Waals surface area contributed by atoms with Gasteiger partial charge in [0.2, 0.25) is 16.6 Å². The van der Waals surface area contributed by atoms with Gasteiger partial charge in [-0.2, -0.15) is 0 Å². The highest BCUT2D eigenvalue weighted by Gasteiger charge is 2.29. The van der Waals surface area contributed by atoms with Crippen LogP contribution < -0.4 is 0 Å². The minimum absolute atomic E-state index is 0.606. The van der Waals surface area contributed by atoms with E-state index in [9.17, 15) is 0 Å². The van der Waals surface area contributed by atoms with Gasteiger partial charge in [0.15, 0.2) is 0 Å². The molecule has 0 amide bonds. The van der Waals surface area contributed by atoms with Gasteiger partial charge in [0.1, 0.15) is 5.76 Å². The van der Waals surface area contributed by atoms with Gasteiger partial charge < -0.3 is 13.6 Å². The molecule has 1 aliphatic carbocycles.